The van der Waals surface area contributed by atoms with E-state index in [1.54, 1.807) is 51.1 Å². The second-order valence-electron chi connectivity index (χ2n) is 33.3. The number of carbonyl (C=O) groups is 4. The van der Waals surface area contributed by atoms with E-state index in [2.05, 4.69) is 118 Å². The summed E-state index contributed by atoms with van der Waals surface area (Å²) in [6.07, 6.45) is -2.07. The summed E-state index contributed by atoms with van der Waals surface area (Å²) in [5.41, 5.74) is 0.934. The standard InChI is InChI=1S/C22H39NO5Si.C22H37NO5Si.C18H27NO6.C17H27NO3Si.C2H6O2/c2*1-21(2,3)28-20(25)23-14-13-18(24)17-11-9-10-12-19(17)26-15-16-27-29(7,8)22(4,5)6;1-17(2,3)25-16(21)19-9-8-18(23-12-13-24-18)14-6-4-5-7-15(14)22-11-10-20;1-17(2,3)22(4,5)21-13-12-20-16-9-7-6-8-14(16)15(19)10-11-18;3-1-2-4/h9-12,18,24H,13-16H2,1-8H3,(H,23,25);9-12H,13-16H2,1-8H3,(H,23,25);4-7,20H,8-13H2,1-3H3,(H,19,21);6-9,15,19H,10,12-13H2,1-5H3;3-4H,1-2H2. The third-order valence-electron chi connectivity index (χ3n) is 17.6. The summed E-state index contributed by atoms with van der Waals surface area (Å²) in [6, 6.07) is 31.2. The molecule has 2 atom stereocenters. The smallest absolute Gasteiger partial charge is 0.407 e. The maximum atomic E-state index is 12.6. The van der Waals surface area contributed by atoms with Gasteiger partial charge in [0.05, 0.1) is 88.7 Å². The maximum absolute atomic E-state index is 12.6. The lowest BCUT2D eigenvalue weighted by molar-refractivity contribution is -0.170. The molecule has 1 aliphatic heterocycles. The average molecular weight is 1590 g/mol. The van der Waals surface area contributed by atoms with Gasteiger partial charge in [-0.3, -0.25) is 4.79 Å². The van der Waals surface area contributed by atoms with E-state index >= 15 is 0 Å². The van der Waals surface area contributed by atoms with Crippen molar-refractivity contribution in [2.75, 3.05) is 98.9 Å². The number of hydrogen-bond donors (Lipinski definition) is 8. The molecule has 1 fully saturated rings. The summed E-state index contributed by atoms with van der Waals surface area (Å²) in [5.74, 6) is 1.30. The van der Waals surface area contributed by atoms with Crippen LogP contribution < -0.4 is 34.9 Å². The number of nitriles is 1. The van der Waals surface area contributed by atoms with Gasteiger partial charge in [0, 0.05) is 43.6 Å². The van der Waals surface area contributed by atoms with Crippen LogP contribution in [0.5, 0.6) is 23.0 Å². The van der Waals surface area contributed by atoms with Crippen molar-refractivity contribution in [3.8, 4) is 29.1 Å². The third-order valence-corrected chi connectivity index (χ3v) is 31.2. The Hall–Kier alpha value is -6.70. The van der Waals surface area contributed by atoms with Gasteiger partial charge in [-0.2, -0.15) is 5.26 Å². The fraction of sp³-hybridized carbons (Fsp3) is 0.642. The molecule has 4 aromatic carbocycles. The highest BCUT2D eigenvalue weighted by Gasteiger charge is 2.42. The highest BCUT2D eigenvalue weighted by atomic mass is 28.4. The van der Waals surface area contributed by atoms with Crippen molar-refractivity contribution in [3.05, 3.63) is 119 Å². The van der Waals surface area contributed by atoms with E-state index < -0.39 is 78.0 Å². The van der Waals surface area contributed by atoms with Crippen molar-refractivity contribution >= 4 is 49.0 Å². The van der Waals surface area contributed by atoms with Crippen LogP contribution in [0.1, 0.15) is 190 Å². The fourth-order valence-electron chi connectivity index (χ4n) is 8.89. The van der Waals surface area contributed by atoms with Crippen LogP contribution in [0.2, 0.25) is 54.4 Å². The molecule has 5 rings (SSSR count). The van der Waals surface area contributed by atoms with Crippen molar-refractivity contribution in [2.45, 2.75) is 240 Å². The van der Waals surface area contributed by atoms with Gasteiger partial charge in [0.25, 0.3) is 0 Å². The van der Waals surface area contributed by atoms with Crippen LogP contribution in [-0.2, 0) is 42.7 Å². The summed E-state index contributed by atoms with van der Waals surface area (Å²) >= 11 is 0. The van der Waals surface area contributed by atoms with Crippen molar-refractivity contribution in [1.29, 1.82) is 5.26 Å². The van der Waals surface area contributed by atoms with Gasteiger partial charge in [-0.25, -0.2) is 14.4 Å². The molecule has 4 aromatic rings. The quantitative estimate of drug-likeness (QED) is 0.00950. The Kier molecular flexibility index (Phi) is 43.8. The SMILES string of the molecule is CC(C)(C)OC(=O)NCCC(=O)c1ccccc1OCCO[Si](C)(C)C(C)(C)C.CC(C)(C)OC(=O)NCCC(O)c1ccccc1OCCO[Si](C)(C)C(C)(C)C.CC(C)(C)OC(=O)NCCC1(c2ccccc2OCCO)OCCO1.CC(C)(C)[Si](C)(C)OCCOc1ccccc1C(O)CC#N.OCCO. The molecular formula is C81H136N4O21Si3. The number of alkyl carbamates (subject to hydrolysis) is 3. The van der Waals surface area contributed by atoms with Crippen LogP contribution in [-0.4, -0.2) is 190 Å². The molecule has 3 amide bonds. The number of hydrogen-bond acceptors (Lipinski definition) is 22. The van der Waals surface area contributed by atoms with Crippen molar-refractivity contribution in [3.63, 3.8) is 0 Å². The summed E-state index contributed by atoms with van der Waals surface area (Å²) in [6.45, 7) is 53.6. The monoisotopic (exact) mass is 1580 g/mol. The molecule has 1 saturated heterocycles. The number of ether oxygens (including phenoxy) is 9. The lowest BCUT2D eigenvalue weighted by Crippen LogP contribution is -2.41. The highest BCUT2D eigenvalue weighted by molar-refractivity contribution is 6.74. The zero-order chi connectivity index (χ0) is 83.1. The van der Waals surface area contributed by atoms with Crippen molar-refractivity contribution in [1.82, 2.24) is 16.0 Å². The van der Waals surface area contributed by atoms with E-state index in [1.165, 1.54) is 0 Å². The Bertz CT molecular complexity index is 3320. The number of carbonyl (C=O) groups excluding carboxylic acids is 4. The molecule has 0 aromatic heterocycles. The van der Waals surface area contributed by atoms with Crippen LogP contribution >= 0.6 is 0 Å². The number of nitrogens with zero attached hydrogens (tertiary/aromatic N) is 1. The Balaban J connectivity index is 0.000000717. The van der Waals surface area contributed by atoms with Crippen LogP contribution in [0.3, 0.4) is 0 Å². The van der Waals surface area contributed by atoms with Gasteiger partial charge in [-0.1, -0.05) is 123 Å². The first kappa shape index (κ1) is 100. The van der Waals surface area contributed by atoms with Crippen LogP contribution in [0.25, 0.3) is 0 Å². The van der Waals surface area contributed by atoms with E-state index in [0.29, 0.717) is 118 Å². The Morgan fingerprint density at radius 3 is 1.20 bits per heavy atom. The first-order chi connectivity index (χ1) is 50.4. The minimum Gasteiger partial charge on any atom is -0.491 e. The average Bonchev–Trinajstić information content (AvgIpc) is 1.70. The number of ketones is 1. The lowest BCUT2D eigenvalue weighted by Gasteiger charge is -2.36. The summed E-state index contributed by atoms with van der Waals surface area (Å²) in [7, 11) is -5.39. The summed E-state index contributed by atoms with van der Waals surface area (Å²) in [4.78, 5) is 47.8. The minimum absolute atomic E-state index is 0.0564. The molecule has 1 aliphatic rings. The fourth-order valence-corrected chi connectivity index (χ4v) is 12.0. The topological polar surface area (TPSA) is 340 Å². The van der Waals surface area contributed by atoms with Gasteiger partial charge in [0.1, 0.15) is 66.2 Å². The minimum atomic E-state index is -1.82. The first-order valence-electron chi connectivity index (χ1n) is 37.5. The van der Waals surface area contributed by atoms with Crippen LogP contribution in [0.15, 0.2) is 97.1 Å². The van der Waals surface area contributed by atoms with Crippen LogP contribution in [0, 0.1) is 11.3 Å². The molecule has 618 valence electrons. The highest BCUT2D eigenvalue weighted by Crippen LogP contribution is 2.41. The van der Waals surface area contributed by atoms with E-state index in [4.69, 9.17) is 76.5 Å². The first-order valence-corrected chi connectivity index (χ1v) is 46.2. The zero-order valence-corrected chi connectivity index (χ0v) is 73.0. The third kappa shape index (κ3) is 40.4. The predicted molar refractivity (Wildman–Crippen MR) is 433 cm³/mol. The summed E-state index contributed by atoms with van der Waals surface area (Å²) in [5, 5.41) is 61.9. The Labute approximate surface area is 654 Å². The van der Waals surface area contributed by atoms with Gasteiger partial charge >= 0.3 is 18.3 Å². The summed E-state index contributed by atoms with van der Waals surface area (Å²) < 4.78 is 68.7. The van der Waals surface area contributed by atoms with Gasteiger partial charge in [-0.15, -0.1) is 0 Å². The lowest BCUT2D eigenvalue weighted by atomic mass is 10.0. The number of rotatable bonds is 33. The number of aliphatic hydroxyl groups is 5. The molecular weight excluding hydrogens is 1450 g/mol. The normalized spacial score (nSPS) is 13.7. The molecule has 28 heteroatoms. The molecule has 1 heterocycles. The van der Waals surface area contributed by atoms with Crippen molar-refractivity contribution in [2.24, 2.45) is 0 Å². The largest absolute Gasteiger partial charge is 0.491 e. The zero-order valence-electron chi connectivity index (χ0n) is 70.0. The van der Waals surface area contributed by atoms with E-state index in [0.717, 1.165) is 5.56 Å². The second-order valence-corrected chi connectivity index (χ2v) is 47.7. The number of benzene rings is 4. The molecule has 25 nitrogen and oxygen atoms in total. The van der Waals surface area contributed by atoms with E-state index in [1.807, 2.05) is 114 Å². The molecule has 0 spiro atoms. The van der Waals surface area contributed by atoms with Crippen molar-refractivity contribution < 1.29 is 101 Å². The molecule has 0 saturated carbocycles. The maximum Gasteiger partial charge on any atom is 0.407 e. The molecule has 8 N–H and O–H groups in total. The molecule has 109 heavy (non-hydrogen) atoms. The van der Waals surface area contributed by atoms with Gasteiger partial charge in [0.15, 0.2) is 36.5 Å². The van der Waals surface area contributed by atoms with Gasteiger partial charge < -0.3 is 97.4 Å². The number of para-hydroxylation sites is 4. The Morgan fingerprint density at radius 1 is 0.459 bits per heavy atom. The predicted octanol–water partition coefficient (Wildman–Crippen LogP) is 15.4. The molecule has 0 bridgehead atoms. The van der Waals surface area contributed by atoms with Crippen LogP contribution in [0.4, 0.5) is 14.4 Å². The van der Waals surface area contributed by atoms with Gasteiger partial charge in [-0.05, 0) is 160 Å². The number of Topliss-reactive ketones (excluding diaryl/α,β-unsaturated/α-hetero) is 1. The molecule has 2 unspecified atom stereocenters. The molecule has 0 aliphatic carbocycles. The number of nitrogens with one attached hydrogen (secondary N) is 3. The number of aliphatic hydroxyl groups excluding tert-OH is 5. The Morgan fingerprint density at radius 2 is 0.807 bits per heavy atom. The number of amides is 3. The molecule has 0 radical (unpaired) electrons. The van der Waals surface area contributed by atoms with Gasteiger partial charge in [0.2, 0.25) is 0 Å². The second kappa shape index (κ2) is 47.6. The van der Waals surface area contributed by atoms with E-state index in [9.17, 15) is 29.4 Å². The van der Waals surface area contributed by atoms with E-state index in [-0.39, 0.29) is 66.7 Å².